The molecular formula is C23H20N2O5. The van der Waals surface area contributed by atoms with Gasteiger partial charge in [-0.2, -0.15) is 0 Å². The fraction of sp³-hybridized carbons (Fsp3) is 0.304. The van der Waals surface area contributed by atoms with Gasteiger partial charge in [0, 0.05) is 28.5 Å². The first-order chi connectivity index (χ1) is 14.4. The van der Waals surface area contributed by atoms with E-state index < -0.39 is 11.6 Å². The van der Waals surface area contributed by atoms with Crippen LogP contribution in [-0.4, -0.2) is 26.4 Å². The lowest BCUT2D eigenvalue weighted by atomic mass is 9.86. The summed E-state index contributed by atoms with van der Waals surface area (Å²) in [5.74, 6) is -0.751. The molecule has 7 heteroatoms. The number of carbonyl (C=O) groups is 2. The monoisotopic (exact) mass is 404 g/mol. The summed E-state index contributed by atoms with van der Waals surface area (Å²) in [6, 6.07) is 9.11. The van der Waals surface area contributed by atoms with E-state index in [0.29, 0.717) is 41.0 Å². The lowest BCUT2D eigenvalue weighted by Gasteiger charge is -2.31. The van der Waals surface area contributed by atoms with Gasteiger partial charge in [0.2, 0.25) is 0 Å². The van der Waals surface area contributed by atoms with E-state index in [1.54, 1.807) is 30.5 Å². The second-order valence-corrected chi connectivity index (χ2v) is 7.75. The molecule has 4 heterocycles. The zero-order valence-electron chi connectivity index (χ0n) is 16.7. The molecule has 0 amide bonds. The van der Waals surface area contributed by atoms with Gasteiger partial charge in [0.25, 0.3) is 5.56 Å². The number of para-hydroxylation sites is 1. The van der Waals surface area contributed by atoms with Crippen molar-refractivity contribution in [1.29, 1.82) is 0 Å². The molecule has 0 bridgehead atoms. The average molecular weight is 404 g/mol. The highest BCUT2D eigenvalue weighted by molar-refractivity contribution is 6.07. The maximum absolute atomic E-state index is 13.2. The first kappa shape index (κ1) is 18.7. The molecular weight excluding hydrogens is 384 g/mol. The maximum Gasteiger partial charge on any atom is 0.343 e. The van der Waals surface area contributed by atoms with Gasteiger partial charge in [-0.1, -0.05) is 26.0 Å². The van der Waals surface area contributed by atoms with Gasteiger partial charge in [-0.15, -0.1) is 0 Å². The van der Waals surface area contributed by atoms with Crippen LogP contribution in [0.25, 0.3) is 22.3 Å². The second-order valence-electron chi connectivity index (χ2n) is 7.75. The minimum atomic E-state index is -1.86. The van der Waals surface area contributed by atoms with E-state index >= 15 is 0 Å². The smallest absolute Gasteiger partial charge is 0.343 e. The molecule has 0 radical (unpaired) electrons. The molecule has 1 atom stereocenters. The van der Waals surface area contributed by atoms with Crippen LogP contribution in [0.2, 0.25) is 0 Å². The summed E-state index contributed by atoms with van der Waals surface area (Å²) in [5, 5.41) is 11.8. The van der Waals surface area contributed by atoms with Crippen LogP contribution in [0.5, 0.6) is 0 Å². The van der Waals surface area contributed by atoms with Crippen LogP contribution in [0, 0.1) is 0 Å². The van der Waals surface area contributed by atoms with Gasteiger partial charge < -0.3 is 14.4 Å². The van der Waals surface area contributed by atoms with Crippen molar-refractivity contribution in [1.82, 2.24) is 9.55 Å². The number of nitrogens with zero attached hydrogens (tertiary/aromatic N) is 2. The Labute approximate surface area is 171 Å². The third-order valence-corrected chi connectivity index (χ3v) is 6.16. The SMILES string of the molecule is CCC(=O)c1cccc2cc3c(nc12)-c1cc2c(c(=O)n1C3)COC(=O)[C@]2(O)CC. The number of aliphatic hydroxyl groups is 1. The van der Waals surface area contributed by atoms with Crippen LogP contribution in [0.1, 0.15) is 53.7 Å². The Hall–Kier alpha value is -3.32. The van der Waals surface area contributed by atoms with Crippen molar-refractivity contribution >= 4 is 22.7 Å². The zero-order valence-corrected chi connectivity index (χ0v) is 16.7. The van der Waals surface area contributed by atoms with Crippen molar-refractivity contribution in [3.63, 3.8) is 0 Å². The summed E-state index contributed by atoms with van der Waals surface area (Å²) in [6.07, 6.45) is 0.460. The summed E-state index contributed by atoms with van der Waals surface area (Å²) in [6.45, 7) is 3.66. The maximum atomic E-state index is 13.2. The third-order valence-electron chi connectivity index (χ3n) is 6.16. The Morgan fingerprint density at radius 1 is 1.27 bits per heavy atom. The molecule has 1 aromatic carbocycles. The minimum absolute atomic E-state index is 0.00279. The third kappa shape index (κ3) is 2.35. The number of aromatic nitrogens is 2. The number of rotatable bonds is 3. The van der Waals surface area contributed by atoms with E-state index in [-0.39, 0.29) is 29.9 Å². The quantitative estimate of drug-likeness (QED) is 0.416. The predicted molar refractivity (Wildman–Crippen MR) is 109 cm³/mol. The van der Waals surface area contributed by atoms with Crippen LogP contribution >= 0.6 is 0 Å². The average Bonchev–Trinajstić information content (AvgIpc) is 3.12. The van der Waals surface area contributed by atoms with E-state index in [4.69, 9.17) is 9.72 Å². The number of benzene rings is 1. The molecule has 0 saturated carbocycles. The van der Waals surface area contributed by atoms with Gasteiger partial charge >= 0.3 is 5.97 Å². The van der Waals surface area contributed by atoms with Gasteiger partial charge in [0.1, 0.15) is 6.61 Å². The molecule has 0 spiro atoms. The number of ketones is 1. The van der Waals surface area contributed by atoms with Crippen LogP contribution in [0.15, 0.2) is 35.1 Å². The summed E-state index contributed by atoms with van der Waals surface area (Å²) in [5.41, 5.74) is 1.55. The number of esters is 1. The van der Waals surface area contributed by atoms with Crippen molar-refractivity contribution in [2.75, 3.05) is 0 Å². The topological polar surface area (TPSA) is 98.5 Å². The Morgan fingerprint density at radius 3 is 2.80 bits per heavy atom. The molecule has 0 saturated heterocycles. The summed E-state index contributed by atoms with van der Waals surface area (Å²) >= 11 is 0. The van der Waals surface area contributed by atoms with Crippen LogP contribution in [0.4, 0.5) is 0 Å². The fourth-order valence-electron chi connectivity index (χ4n) is 4.42. The molecule has 30 heavy (non-hydrogen) atoms. The highest BCUT2D eigenvalue weighted by Gasteiger charge is 2.45. The van der Waals surface area contributed by atoms with Gasteiger partial charge in [0.15, 0.2) is 11.4 Å². The van der Waals surface area contributed by atoms with Crippen molar-refractivity contribution in [3.05, 3.63) is 62.9 Å². The van der Waals surface area contributed by atoms with Gasteiger partial charge in [0.05, 0.1) is 29.0 Å². The number of cyclic esters (lactones) is 1. The summed E-state index contributed by atoms with van der Waals surface area (Å²) in [4.78, 5) is 42.6. The standard InChI is InChI=1S/C23H20N2O5/c1-3-18(26)14-7-5-6-12-8-13-10-25-17(20(13)24-19(12)14)9-16-15(21(25)27)11-30-22(28)23(16,29)4-2/h5-9,29H,3-4,10-11H2,1-2H3/t23-/m0/s1. The van der Waals surface area contributed by atoms with E-state index in [1.165, 1.54) is 0 Å². The summed E-state index contributed by atoms with van der Waals surface area (Å²) in [7, 11) is 0. The van der Waals surface area contributed by atoms with Crippen molar-refractivity contribution in [2.24, 2.45) is 0 Å². The zero-order chi connectivity index (χ0) is 21.2. The summed E-state index contributed by atoms with van der Waals surface area (Å²) < 4.78 is 6.68. The number of fused-ring (bicyclic) bond motifs is 5. The van der Waals surface area contributed by atoms with E-state index in [1.807, 2.05) is 18.2 Å². The second kappa shape index (κ2) is 6.34. The Balaban J connectivity index is 1.79. The molecule has 2 aromatic heterocycles. The van der Waals surface area contributed by atoms with Crippen molar-refractivity contribution in [2.45, 2.75) is 45.4 Å². The Morgan fingerprint density at radius 2 is 2.07 bits per heavy atom. The van der Waals surface area contributed by atoms with Crippen LogP contribution in [-0.2, 0) is 28.3 Å². The normalized spacial score (nSPS) is 19.2. The molecule has 0 aliphatic carbocycles. The number of pyridine rings is 2. The largest absolute Gasteiger partial charge is 0.458 e. The molecule has 152 valence electrons. The highest BCUT2D eigenvalue weighted by Crippen LogP contribution is 2.38. The van der Waals surface area contributed by atoms with E-state index in [0.717, 1.165) is 10.9 Å². The molecule has 1 N–H and O–H groups in total. The Bertz CT molecular complexity index is 1320. The molecule has 0 unspecified atom stereocenters. The Kier molecular flexibility index (Phi) is 3.95. The first-order valence-electron chi connectivity index (χ1n) is 10.0. The van der Waals surface area contributed by atoms with Crippen molar-refractivity contribution in [3.8, 4) is 11.4 Å². The number of ether oxygens (including phenoxy) is 1. The lowest BCUT2D eigenvalue weighted by Crippen LogP contribution is -2.44. The fourth-order valence-corrected chi connectivity index (χ4v) is 4.42. The molecule has 7 nitrogen and oxygen atoms in total. The van der Waals surface area contributed by atoms with Gasteiger partial charge in [-0.3, -0.25) is 9.59 Å². The molecule has 3 aromatic rings. The number of Topliss-reactive ketones (excluding diaryl/α,β-unsaturated/α-hetero) is 1. The highest BCUT2D eigenvalue weighted by atomic mass is 16.6. The van der Waals surface area contributed by atoms with E-state index in [2.05, 4.69) is 0 Å². The molecule has 2 aliphatic heterocycles. The number of carbonyl (C=O) groups excluding carboxylic acids is 2. The molecule has 2 aliphatic rings. The number of hydrogen-bond acceptors (Lipinski definition) is 6. The molecule has 5 rings (SSSR count). The lowest BCUT2D eigenvalue weighted by molar-refractivity contribution is -0.172. The van der Waals surface area contributed by atoms with Crippen molar-refractivity contribution < 1.29 is 19.4 Å². The number of hydrogen-bond donors (Lipinski definition) is 1. The van der Waals surface area contributed by atoms with Crippen LogP contribution in [0.3, 0.4) is 0 Å². The molecule has 0 fully saturated rings. The van der Waals surface area contributed by atoms with Gasteiger partial charge in [-0.25, -0.2) is 9.78 Å². The predicted octanol–water partition coefficient (Wildman–Crippen LogP) is 2.67. The van der Waals surface area contributed by atoms with E-state index in [9.17, 15) is 19.5 Å². The van der Waals surface area contributed by atoms with Crippen LogP contribution < -0.4 is 5.56 Å². The minimum Gasteiger partial charge on any atom is -0.458 e. The van der Waals surface area contributed by atoms with Gasteiger partial charge in [-0.05, 0) is 24.6 Å². The first-order valence-corrected chi connectivity index (χ1v) is 10.0.